The molecule has 4 heteroatoms. The molecule has 0 heterocycles. The monoisotopic (exact) mass is 296 g/mol. The van der Waals surface area contributed by atoms with Crippen LogP contribution >= 0.6 is 11.6 Å². The summed E-state index contributed by atoms with van der Waals surface area (Å²) in [6, 6.07) is 5.43. The predicted octanol–water partition coefficient (Wildman–Crippen LogP) is 4.28. The van der Waals surface area contributed by atoms with Crippen molar-refractivity contribution in [3.8, 4) is 0 Å². The maximum absolute atomic E-state index is 12.7. The summed E-state index contributed by atoms with van der Waals surface area (Å²) in [5, 5.41) is 3.82. The number of halogens is 1. The lowest BCUT2D eigenvalue weighted by atomic mass is 10.1. The minimum Gasteiger partial charge on any atom is -0.385 e. The van der Waals surface area contributed by atoms with Crippen molar-refractivity contribution < 1.29 is 4.79 Å². The van der Waals surface area contributed by atoms with Crippen LogP contribution in [0.15, 0.2) is 18.2 Å². The molecule has 0 aliphatic rings. The summed E-state index contributed by atoms with van der Waals surface area (Å²) < 4.78 is 0. The topological polar surface area (TPSA) is 32.3 Å². The lowest BCUT2D eigenvalue weighted by Crippen LogP contribution is -2.35. The standard InChI is InChI=1S/C16H25ClN2O/c1-5-12(4)11-19(7-3)16(20)14-10-13(17)8-9-15(14)18-6-2/h8-10,12,18H,5-7,11H2,1-4H3. The molecule has 20 heavy (non-hydrogen) atoms. The third-order valence-corrected chi connectivity index (χ3v) is 3.71. The van der Waals surface area contributed by atoms with Crippen molar-refractivity contribution in [3.05, 3.63) is 28.8 Å². The number of rotatable bonds is 7. The van der Waals surface area contributed by atoms with Crippen LogP contribution in [0.25, 0.3) is 0 Å². The van der Waals surface area contributed by atoms with E-state index in [-0.39, 0.29) is 5.91 Å². The number of carbonyl (C=O) groups excluding carboxylic acids is 1. The number of hydrogen-bond donors (Lipinski definition) is 1. The normalized spacial score (nSPS) is 12.1. The highest BCUT2D eigenvalue weighted by Crippen LogP contribution is 2.23. The van der Waals surface area contributed by atoms with Crippen LogP contribution in [0.5, 0.6) is 0 Å². The average molecular weight is 297 g/mol. The highest BCUT2D eigenvalue weighted by Gasteiger charge is 2.19. The Kier molecular flexibility index (Phi) is 6.86. The van der Waals surface area contributed by atoms with Gasteiger partial charge >= 0.3 is 0 Å². The van der Waals surface area contributed by atoms with Crippen molar-refractivity contribution in [2.45, 2.75) is 34.1 Å². The molecular weight excluding hydrogens is 272 g/mol. The van der Waals surface area contributed by atoms with Gasteiger partial charge in [0.2, 0.25) is 0 Å². The zero-order valence-corrected chi connectivity index (χ0v) is 13.6. The summed E-state index contributed by atoms with van der Waals surface area (Å²) in [6.07, 6.45) is 1.07. The molecule has 0 radical (unpaired) electrons. The Morgan fingerprint density at radius 2 is 2.05 bits per heavy atom. The van der Waals surface area contributed by atoms with Gasteiger partial charge in [0.05, 0.1) is 5.56 Å². The lowest BCUT2D eigenvalue weighted by molar-refractivity contribution is 0.0742. The molecule has 3 nitrogen and oxygen atoms in total. The summed E-state index contributed by atoms with van der Waals surface area (Å²) in [6.45, 7) is 10.6. The zero-order valence-electron chi connectivity index (χ0n) is 12.9. The van der Waals surface area contributed by atoms with E-state index in [0.29, 0.717) is 23.0 Å². The summed E-state index contributed by atoms with van der Waals surface area (Å²) in [5.74, 6) is 0.548. The van der Waals surface area contributed by atoms with Crippen molar-refractivity contribution in [3.63, 3.8) is 0 Å². The number of nitrogens with one attached hydrogen (secondary N) is 1. The van der Waals surface area contributed by atoms with E-state index in [0.717, 1.165) is 25.2 Å². The second-order valence-electron chi connectivity index (χ2n) is 5.08. The molecule has 0 aliphatic heterocycles. The fourth-order valence-corrected chi connectivity index (χ4v) is 2.24. The van der Waals surface area contributed by atoms with Crippen LogP contribution in [0.2, 0.25) is 5.02 Å². The van der Waals surface area contributed by atoms with Crippen LogP contribution in [-0.2, 0) is 0 Å². The first-order valence-electron chi connectivity index (χ1n) is 7.36. The van der Waals surface area contributed by atoms with E-state index in [9.17, 15) is 4.79 Å². The van der Waals surface area contributed by atoms with Crippen molar-refractivity contribution in [1.82, 2.24) is 4.90 Å². The van der Waals surface area contributed by atoms with Gasteiger partial charge in [-0.15, -0.1) is 0 Å². The molecule has 0 aliphatic carbocycles. The number of benzene rings is 1. The van der Waals surface area contributed by atoms with Crippen LogP contribution in [0.1, 0.15) is 44.5 Å². The van der Waals surface area contributed by atoms with E-state index in [1.807, 2.05) is 24.8 Å². The van der Waals surface area contributed by atoms with Crippen LogP contribution in [-0.4, -0.2) is 30.4 Å². The van der Waals surface area contributed by atoms with E-state index >= 15 is 0 Å². The second kappa shape index (κ2) is 8.15. The zero-order chi connectivity index (χ0) is 15.1. The molecule has 1 amide bonds. The Morgan fingerprint density at radius 1 is 1.35 bits per heavy atom. The Morgan fingerprint density at radius 3 is 2.60 bits per heavy atom. The molecular formula is C16H25ClN2O. The quantitative estimate of drug-likeness (QED) is 0.814. The predicted molar refractivity (Wildman–Crippen MR) is 86.6 cm³/mol. The first kappa shape index (κ1) is 16.8. The molecule has 0 fully saturated rings. The SMILES string of the molecule is CCNc1ccc(Cl)cc1C(=O)N(CC)CC(C)CC. The largest absolute Gasteiger partial charge is 0.385 e. The fourth-order valence-electron chi connectivity index (χ4n) is 2.07. The van der Waals surface area contributed by atoms with E-state index < -0.39 is 0 Å². The van der Waals surface area contributed by atoms with Crippen LogP contribution < -0.4 is 5.32 Å². The van der Waals surface area contributed by atoms with Crippen molar-refractivity contribution in [1.29, 1.82) is 0 Å². The summed E-state index contributed by atoms with van der Waals surface area (Å²) >= 11 is 6.04. The van der Waals surface area contributed by atoms with Gasteiger partial charge in [-0.25, -0.2) is 0 Å². The van der Waals surface area contributed by atoms with Crippen molar-refractivity contribution in [2.75, 3.05) is 25.0 Å². The molecule has 1 aromatic rings. The van der Waals surface area contributed by atoms with Gasteiger partial charge in [0.15, 0.2) is 0 Å². The molecule has 1 unspecified atom stereocenters. The van der Waals surface area contributed by atoms with Gasteiger partial charge in [-0.05, 0) is 38.0 Å². The minimum absolute atomic E-state index is 0.0475. The smallest absolute Gasteiger partial charge is 0.256 e. The average Bonchev–Trinajstić information content (AvgIpc) is 2.45. The van der Waals surface area contributed by atoms with Gasteiger partial charge in [0, 0.05) is 30.3 Å². The molecule has 112 valence electrons. The number of anilines is 1. The maximum Gasteiger partial charge on any atom is 0.256 e. The lowest BCUT2D eigenvalue weighted by Gasteiger charge is -2.25. The first-order chi connectivity index (χ1) is 9.53. The number of nitrogens with zero attached hydrogens (tertiary/aromatic N) is 1. The van der Waals surface area contributed by atoms with Crippen molar-refractivity contribution in [2.24, 2.45) is 5.92 Å². The molecule has 0 spiro atoms. The highest BCUT2D eigenvalue weighted by atomic mass is 35.5. The molecule has 0 bridgehead atoms. The van der Waals surface area contributed by atoms with Gasteiger partial charge in [-0.2, -0.15) is 0 Å². The van der Waals surface area contributed by atoms with Gasteiger partial charge in [0.25, 0.3) is 5.91 Å². The Bertz CT molecular complexity index is 448. The molecule has 0 saturated heterocycles. The van der Waals surface area contributed by atoms with Crippen molar-refractivity contribution >= 4 is 23.2 Å². The van der Waals surface area contributed by atoms with Gasteiger partial charge in [0.1, 0.15) is 0 Å². The highest BCUT2D eigenvalue weighted by molar-refractivity contribution is 6.31. The first-order valence-corrected chi connectivity index (χ1v) is 7.73. The van der Waals surface area contributed by atoms with E-state index in [1.165, 1.54) is 0 Å². The maximum atomic E-state index is 12.7. The summed E-state index contributed by atoms with van der Waals surface area (Å²) in [7, 11) is 0. The number of carbonyl (C=O) groups is 1. The minimum atomic E-state index is 0.0475. The van der Waals surface area contributed by atoms with E-state index in [1.54, 1.807) is 12.1 Å². The Labute approximate surface area is 127 Å². The van der Waals surface area contributed by atoms with E-state index in [2.05, 4.69) is 19.2 Å². The third-order valence-electron chi connectivity index (χ3n) is 3.48. The van der Waals surface area contributed by atoms with Crippen LogP contribution in [0.4, 0.5) is 5.69 Å². The molecule has 0 saturated carbocycles. The van der Waals surface area contributed by atoms with Crippen LogP contribution in [0.3, 0.4) is 0 Å². The molecule has 0 aromatic heterocycles. The number of hydrogen-bond acceptors (Lipinski definition) is 2. The molecule has 1 atom stereocenters. The molecule has 1 aromatic carbocycles. The van der Waals surface area contributed by atoms with Crippen LogP contribution in [0, 0.1) is 5.92 Å². The second-order valence-corrected chi connectivity index (χ2v) is 5.51. The molecule has 1 N–H and O–H groups in total. The number of amides is 1. The Hall–Kier alpha value is -1.22. The Balaban J connectivity index is 3.01. The molecule has 1 rings (SSSR count). The summed E-state index contributed by atoms with van der Waals surface area (Å²) in [5.41, 5.74) is 1.51. The van der Waals surface area contributed by atoms with Gasteiger partial charge in [-0.1, -0.05) is 31.9 Å². The summed E-state index contributed by atoms with van der Waals surface area (Å²) in [4.78, 5) is 14.6. The van der Waals surface area contributed by atoms with E-state index in [4.69, 9.17) is 11.6 Å². The van der Waals surface area contributed by atoms with Gasteiger partial charge in [-0.3, -0.25) is 4.79 Å². The van der Waals surface area contributed by atoms with Gasteiger partial charge < -0.3 is 10.2 Å². The fraction of sp³-hybridized carbons (Fsp3) is 0.562. The third kappa shape index (κ3) is 4.41.